The highest BCUT2D eigenvalue weighted by atomic mass is 79.9. The second kappa shape index (κ2) is 8.71. The van der Waals surface area contributed by atoms with Crippen LogP contribution in [0.4, 0.5) is 0 Å². The number of carbonyl (C=O) groups is 1. The standard InChI is InChI=1S/C18H23BrN4O4/c1-25-15-5-4-12(16(19)17(15)26-2)10-22-8-6-13(7-9-22)23-11-14(20-21-23)18(24)27-3/h4-5,11,13H,6-10H2,1-3H3. The first-order valence-electron chi connectivity index (χ1n) is 8.69. The fourth-order valence-electron chi connectivity index (χ4n) is 3.29. The molecule has 0 N–H and O–H groups in total. The van der Waals surface area contributed by atoms with Crippen LogP contribution in [-0.2, 0) is 11.3 Å². The number of esters is 1. The molecule has 0 bridgehead atoms. The van der Waals surface area contributed by atoms with E-state index in [9.17, 15) is 4.79 Å². The Morgan fingerprint density at radius 1 is 1.22 bits per heavy atom. The molecule has 0 radical (unpaired) electrons. The molecule has 1 aliphatic rings. The van der Waals surface area contributed by atoms with Crippen LogP contribution in [0.15, 0.2) is 22.8 Å². The van der Waals surface area contributed by atoms with Crippen molar-refractivity contribution in [1.82, 2.24) is 19.9 Å². The third-order valence-corrected chi connectivity index (χ3v) is 5.66. The molecule has 0 amide bonds. The van der Waals surface area contributed by atoms with E-state index in [-0.39, 0.29) is 11.7 Å². The number of hydrogen-bond donors (Lipinski definition) is 0. The third-order valence-electron chi connectivity index (χ3n) is 4.79. The van der Waals surface area contributed by atoms with Crippen molar-refractivity contribution in [3.05, 3.63) is 34.1 Å². The summed E-state index contributed by atoms with van der Waals surface area (Å²) in [5.41, 5.74) is 1.40. The molecule has 0 aliphatic carbocycles. The first-order valence-corrected chi connectivity index (χ1v) is 9.48. The number of likely N-dealkylation sites (tertiary alicyclic amines) is 1. The minimum Gasteiger partial charge on any atom is -0.493 e. The molecule has 146 valence electrons. The van der Waals surface area contributed by atoms with Gasteiger partial charge in [0.15, 0.2) is 17.2 Å². The number of methoxy groups -OCH3 is 3. The lowest BCUT2D eigenvalue weighted by molar-refractivity contribution is 0.0594. The summed E-state index contributed by atoms with van der Waals surface area (Å²) in [6.07, 6.45) is 3.54. The Morgan fingerprint density at radius 3 is 2.59 bits per heavy atom. The number of halogens is 1. The summed E-state index contributed by atoms with van der Waals surface area (Å²) in [7, 11) is 4.61. The summed E-state index contributed by atoms with van der Waals surface area (Å²) in [5.74, 6) is 0.958. The Hall–Kier alpha value is -2.13. The zero-order chi connectivity index (χ0) is 19.4. The number of ether oxygens (including phenoxy) is 3. The molecule has 0 unspecified atom stereocenters. The first-order chi connectivity index (χ1) is 13.1. The zero-order valence-corrected chi connectivity index (χ0v) is 17.2. The average Bonchev–Trinajstić information content (AvgIpc) is 3.19. The van der Waals surface area contributed by atoms with Crippen LogP contribution in [0.1, 0.15) is 34.9 Å². The van der Waals surface area contributed by atoms with Gasteiger partial charge < -0.3 is 14.2 Å². The van der Waals surface area contributed by atoms with Gasteiger partial charge in [-0.2, -0.15) is 0 Å². The molecule has 0 spiro atoms. The van der Waals surface area contributed by atoms with E-state index < -0.39 is 5.97 Å². The third kappa shape index (κ3) is 4.24. The van der Waals surface area contributed by atoms with Crippen LogP contribution in [0, 0.1) is 0 Å². The minimum absolute atomic E-state index is 0.237. The van der Waals surface area contributed by atoms with Crippen molar-refractivity contribution in [3.8, 4) is 11.5 Å². The first kappa shape index (κ1) is 19.6. The van der Waals surface area contributed by atoms with E-state index >= 15 is 0 Å². The van der Waals surface area contributed by atoms with Gasteiger partial charge in [0.2, 0.25) is 0 Å². The topological polar surface area (TPSA) is 78.7 Å². The summed E-state index contributed by atoms with van der Waals surface area (Å²) in [6.45, 7) is 2.68. The second-order valence-corrected chi connectivity index (χ2v) is 7.15. The summed E-state index contributed by atoms with van der Waals surface area (Å²) >= 11 is 3.63. The Kier molecular flexibility index (Phi) is 6.33. The molecule has 2 heterocycles. The largest absolute Gasteiger partial charge is 0.493 e. The quantitative estimate of drug-likeness (QED) is 0.641. The van der Waals surface area contributed by atoms with Gasteiger partial charge in [-0.1, -0.05) is 11.3 Å². The highest BCUT2D eigenvalue weighted by molar-refractivity contribution is 9.10. The maximum absolute atomic E-state index is 11.5. The molecule has 0 atom stereocenters. The van der Waals surface area contributed by atoms with Crippen LogP contribution in [0.25, 0.3) is 0 Å². The van der Waals surface area contributed by atoms with E-state index in [1.54, 1.807) is 25.1 Å². The van der Waals surface area contributed by atoms with Gasteiger partial charge in [-0.25, -0.2) is 9.48 Å². The Balaban J connectivity index is 1.61. The molecule has 0 saturated carbocycles. The Bertz CT molecular complexity index is 803. The van der Waals surface area contributed by atoms with Crippen LogP contribution in [0.5, 0.6) is 11.5 Å². The van der Waals surface area contributed by atoms with E-state index in [1.807, 2.05) is 6.07 Å². The lowest BCUT2D eigenvalue weighted by Crippen LogP contribution is -2.34. The van der Waals surface area contributed by atoms with Crippen LogP contribution in [-0.4, -0.2) is 60.3 Å². The molecule has 1 fully saturated rings. The molecule has 1 aromatic heterocycles. The molecule has 9 heteroatoms. The lowest BCUT2D eigenvalue weighted by atomic mass is 10.0. The molecular weight excluding hydrogens is 416 g/mol. The van der Waals surface area contributed by atoms with Gasteiger partial charge in [0, 0.05) is 19.6 Å². The highest BCUT2D eigenvalue weighted by Crippen LogP contribution is 2.38. The van der Waals surface area contributed by atoms with Crippen molar-refractivity contribution in [2.75, 3.05) is 34.4 Å². The molecular formula is C18H23BrN4O4. The van der Waals surface area contributed by atoms with Gasteiger partial charge in [-0.3, -0.25) is 4.90 Å². The molecule has 2 aromatic rings. The molecule has 27 heavy (non-hydrogen) atoms. The van der Waals surface area contributed by atoms with Crippen molar-refractivity contribution in [3.63, 3.8) is 0 Å². The van der Waals surface area contributed by atoms with Gasteiger partial charge >= 0.3 is 5.97 Å². The smallest absolute Gasteiger partial charge is 0.360 e. The summed E-state index contributed by atoms with van der Waals surface area (Å²) < 4.78 is 18.2. The normalized spacial score (nSPS) is 15.6. The van der Waals surface area contributed by atoms with Crippen LogP contribution >= 0.6 is 15.9 Å². The predicted molar refractivity (Wildman–Crippen MR) is 102 cm³/mol. The average molecular weight is 439 g/mol. The van der Waals surface area contributed by atoms with E-state index in [1.165, 1.54) is 7.11 Å². The fourth-order valence-corrected chi connectivity index (χ4v) is 3.90. The van der Waals surface area contributed by atoms with Crippen LogP contribution < -0.4 is 9.47 Å². The van der Waals surface area contributed by atoms with Crippen molar-refractivity contribution in [2.45, 2.75) is 25.4 Å². The van der Waals surface area contributed by atoms with Gasteiger partial charge in [-0.05, 0) is 40.4 Å². The minimum atomic E-state index is -0.461. The number of rotatable bonds is 6. The second-order valence-electron chi connectivity index (χ2n) is 6.36. The molecule has 1 saturated heterocycles. The van der Waals surface area contributed by atoms with Gasteiger partial charge in [0.25, 0.3) is 0 Å². The van der Waals surface area contributed by atoms with Gasteiger partial charge in [0.1, 0.15) is 0 Å². The maximum Gasteiger partial charge on any atom is 0.360 e. The van der Waals surface area contributed by atoms with E-state index in [0.717, 1.165) is 42.5 Å². The van der Waals surface area contributed by atoms with Crippen molar-refractivity contribution in [1.29, 1.82) is 0 Å². The number of hydrogen-bond acceptors (Lipinski definition) is 7. The number of benzene rings is 1. The monoisotopic (exact) mass is 438 g/mol. The van der Waals surface area contributed by atoms with Crippen molar-refractivity contribution in [2.24, 2.45) is 0 Å². The lowest BCUT2D eigenvalue weighted by Gasteiger charge is -2.32. The molecule has 1 aromatic carbocycles. The molecule has 1 aliphatic heterocycles. The van der Waals surface area contributed by atoms with Gasteiger partial charge in [0.05, 0.1) is 38.0 Å². The number of carbonyl (C=O) groups excluding carboxylic acids is 1. The summed E-state index contributed by atoms with van der Waals surface area (Å²) in [5, 5.41) is 7.97. The van der Waals surface area contributed by atoms with Crippen LogP contribution in [0.2, 0.25) is 0 Å². The zero-order valence-electron chi connectivity index (χ0n) is 15.6. The number of nitrogens with zero attached hydrogens (tertiary/aromatic N) is 4. The Labute approximate surface area is 166 Å². The number of piperidine rings is 1. The van der Waals surface area contributed by atoms with E-state index in [0.29, 0.717) is 11.5 Å². The van der Waals surface area contributed by atoms with Gasteiger partial charge in [-0.15, -0.1) is 5.10 Å². The Morgan fingerprint density at radius 2 is 1.96 bits per heavy atom. The highest BCUT2D eigenvalue weighted by Gasteiger charge is 2.24. The van der Waals surface area contributed by atoms with E-state index in [2.05, 4.69) is 41.9 Å². The molecule has 8 nitrogen and oxygen atoms in total. The maximum atomic E-state index is 11.5. The fraction of sp³-hybridized carbons (Fsp3) is 0.500. The predicted octanol–water partition coefficient (Wildman–Crippen LogP) is 2.68. The summed E-state index contributed by atoms with van der Waals surface area (Å²) in [4.78, 5) is 13.9. The van der Waals surface area contributed by atoms with Crippen molar-refractivity contribution < 1.29 is 19.0 Å². The SMILES string of the molecule is COC(=O)c1cn(C2CCN(Cc3ccc(OC)c(OC)c3Br)CC2)nn1. The van der Waals surface area contributed by atoms with Crippen LogP contribution in [0.3, 0.4) is 0 Å². The summed E-state index contributed by atoms with van der Waals surface area (Å²) in [6, 6.07) is 4.22. The number of aromatic nitrogens is 3. The molecule has 3 rings (SSSR count). The van der Waals surface area contributed by atoms with E-state index in [4.69, 9.17) is 9.47 Å². The van der Waals surface area contributed by atoms with Crippen molar-refractivity contribution >= 4 is 21.9 Å².